The molecule has 0 fully saturated rings. The van der Waals surface area contributed by atoms with Crippen LogP contribution in [0.4, 0.5) is 5.82 Å². The third-order valence-electron chi connectivity index (χ3n) is 1.60. The van der Waals surface area contributed by atoms with Crippen molar-refractivity contribution in [1.82, 2.24) is 9.97 Å². The number of nitrogens with zero attached hydrogens (tertiary/aromatic N) is 1. The number of hydrogen-bond donors (Lipinski definition) is 2. The van der Waals surface area contributed by atoms with Crippen molar-refractivity contribution in [2.24, 2.45) is 0 Å². The summed E-state index contributed by atoms with van der Waals surface area (Å²) >= 11 is 5.67. The fraction of sp³-hybridized carbons (Fsp3) is 0.500. The normalized spacial score (nSPS) is 12.4. The molecule has 1 aromatic heterocycles. The predicted octanol–water partition coefficient (Wildman–Crippen LogP) is 0.436. The van der Waals surface area contributed by atoms with Crippen molar-refractivity contribution < 1.29 is 4.74 Å². The van der Waals surface area contributed by atoms with Crippen LogP contribution in [0.15, 0.2) is 17.2 Å². The molecule has 0 radical (unpaired) electrons. The van der Waals surface area contributed by atoms with Crippen LogP contribution in [0.1, 0.15) is 0 Å². The van der Waals surface area contributed by atoms with Gasteiger partial charge in [0, 0.05) is 25.4 Å². The molecule has 1 aromatic rings. The second-order valence-electron chi connectivity index (χ2n) is 2.72. The molecular formula is C8H12ClN3O2. The fourth-order valence-corrected chi connectivity index (χ4v) is 1.14. The van der Waals surface area contributed by atoms with Crippen LogP contribution in [-0.4, -0.2) is 35.6 Å². The predicted molar refractivity (Wildman–Crippen MR) is 54.9 cm³/mol. The van der Waals surface area contributed by atoms with Crippen molar-refractivity contribution in [3.63, 3.8) is 0 Å². The van der Waals surface area contributed by atoms with Gasteiger partial charge >= 0.3 is 0 Å². The van der Waals surface area contributed by atoms with Gasteiger partial charge in [-0.1, -0.05) is 0 Å². The topological polar surface area (TPSA) is 67.0 Å². The molecule has 1 heterocycles. The molecule has 0 spiro atoms. The highest BCUT2D eigenvalue weighted by atomic mass is 35.5. The number of aromatic amines is 1. The Morgan fingerprint density at radius 2 is 2.57 bits per heavy atom. The summed E-state index contributed by atoms with van der Waals surface area (Å²) in [5, 5.41) is 2.89. The second-order valence-corrected chi connectivity index (χ2v) is 3.03. The molecule has 2 N–H and O–H groups in total. The first kappa shape index (κ1) is 11.0. The van der Waals surface area contributed by atoms with Crippen LogP contribution in [-0.2, 0) is 4.74 Å². The zero-order chi connectivity index (χ0) is 10.4. The number of halogens is 1. The Hall–Kier alpha value is -1.07. The summed E-state index contributed by atoms with van der Waals surface area (Å²) in [6, 6.07) is -0.113. The summed E-state index contributed by atoms with van der Waals surface area (Å²) < 4.78 is 4.92. The number of hydrogen-bond acceptors (Lipinski definition) is 4. The molecule has 0 aliphatic rings. The van der Waals surface area contributed by atoms with Crippen LogP contribution < -0.4 is 10.9 Å². The SMILES string of the molecule is COCC(CCl)Nc1ncc[nH]c1=O. The van der Waals surface area contributed by atoms with Gasteiger partial charge in [-0.05, 0) is 0 Å². The van der Waals surface area contributed by atoms with Crippen molar-refractivity contribution in [1.29, 1.82) is 0 Å². The van der Waals surface area contributed by atoms with Crippen molar-refractivity contribution in [3.05, 3.63) is 22.7 Å². The number of H-pyrrole nitrogens is 1. The summed E-state index contributed by atoms with van der Waals surface area (Å²) in [6.45, 7) is 0.430. The fourth-order valence-electron chi connectivity index (χ4n) is 0.974. The standard InChI is InChI=1S/C8H12ClN3O2/c1-14-5-6(4-9)12-7-8(13)11-3-2-10-7/h2-3,6H,4-5H2,1H3,(H,10,12)(H,11,13). The molecule has 78 valence electrons. The molecule has 0 aliphatic carbocycles. The van der Waals surface area contributed by atoms with E-state index >= 15 is 0 Å². The van der Waals surface area contributed by atoms with Crippen molar-refractivity contribution in [2.75, 3.05) is 24.9 Å². The minimum absolute atomic E-state index is 0.113. The second kappa shape index (κ2) is 5.62. The zero-order valence-corrected chi connectivity index (χ0v) is 8.54. The molecule has 1 unspecified atom stereocenters. The molecule has 14 heavy (non-hydrogen) atoms. The van der Waals surface area contributed by atoms with E-state index in [2.05, 4.69) is 15.3 Å². The van der Waals surface area contributed by atoms with Crippen molar-refractivity contribution in [2.45, 2.75) is 6.04 Å². The maximum atomic E-state index is 11.2. The highest BCUT2D eigenvalue weighted by Gasteiger charge is 2.09. The van der Waals surface area contributed by atoms with E-state index in [0.29, 0.717) is 12.5 Å². The van der Waals surface area contributed by atoms with Gasteiger partial charge in [0.1, 0.15) is 0 Å². The number of methoxy groups -OCH3 is 1. The van der Waals surface area contributed by atoms with Gasteiger partial charge < -0.3 is 15.0 Å². The van der Waals surface area contributed by atoms with Gasteiger partial charge in [-0.25, -0.2) is 4.98 Å². The molecule has 5 nitrogen and oxygen atoms in total. The minimum Gasteiger partial charge on any atom is -0.383 e. The van der Waals surface area contributed by atoms with Gasteiger partial charge in [0.05, 0.1) is 12.6 Å². The van der Waals surface area contributed by atoms with Gasteiger partial charge in [-0.3, -0.25) is 4.79 Å². The third kappa shape index (κ3) is 3.01. The summed E-state index contributed by atoms with van der Waals surface area (Å²) in [7, 11) is 1.57. The molecule has 1 rings (SSSR count). The van der Waals surface area contributed by atoms with Crippen LogP contribution in [0.25, 0.3) is 0 Å². The van der Waals surface area contributed by atoms with Crippen molar-refractivity contribution >= 4 is 17.4 Å². The van der Waals surface area contributed by atoms with Gasteiger partial charge in [0.25, 0.3) is 5.56 Å². The number of rotatable bonds is 5. The zero-order valence-electron chi connectivity index (χ0n) is 7.79. The van der Waals surface area contributed by atoms with Crippen LogP contribution >= 0.6 is 11.6 Å². The lowest BCUT2D eigenvalue weighted by Gasteiger charge is -2.14. The van der Waals surface area contributed by atoms with E-state index in [1.165, 1.54) is 12.4 Å². The largest absolute Gasteiger partial charge is 0.383 e. The van der Waals surface area contributed by atoms with Gasteiger partial charge in [-0.2, -0.15) is 0 Å². The summed E-state index contributed by atoms with van der Waals surface area (Å²) in [5.41, 5.74) is -0.265. The third-order valence-corrected chi connectivity index (χ3v) is 1.98. The van der Waals surface area contributed by atoms with E-state index in [1.807, 2.05) is 0 Å². The lowest BCUT2D eigenvalue weighted by molar-refractivity contribution is 0.191. The molecule has 0 saturated heterocycles. The molecule has 0 saturated carbocycles. The Morgan fingerprint density at radius 1 is 1.79 bits per heavy atom. The Morgan fingerprint density at radius 3 is 3.14 bits per heavy atom. The van der Waals surface area contributed by atoms with E-state index in [0.717, 1.165) is 0 Å². The highest BCUT2D eigenvalue weighted by Crippen LogP contribution is 1.98. The molecule has 0 aliphatic heterocycles. The van der Waals surface area contributed by atoms with Crippen LogP contribution in [0.5, 0.6) is 0 Å². The van der Waals surface area contributed by atoms with Crippen molar-refractivity contribution in [3.8, 4) is 0 Å². The molecule has 0 bridgehead atoms. The first-order valence-corrected chi connectivity index (χ1v) is 4.66. The molecule has 1 atom stereocenters. The minimum atomic E-state index is -0.265. The maximum Gasteiger partial charge on any atom is 0.290 e. The van der Waals surface area contributed by atoms with Gasteiger partial charge in [0.2, 0.25) is 0 Å². The number of anilines is 1. The maximum absolute atomic E-state index is 11.2. The number of ether oxygens (including phenoxy) is 1. The van der Waals surface area contributed by atoms with E-state index in [-0.39, 0.29) is 17.4 Å². The molecule has 0 amide bonds. The van der Waals surface area contributed by atoms with E-state index < -0.39 is 0 Å². The lowest BCUT2D eigenvalue weighted by Crippen LogP contribution is -2.30. The molecular weight excluding hydrogens is 206 g/mol. The molecule has 6 heteroatoms. The number of alkyl halides is 1. The Kier molecular flexibility index (Phi) is 4.42. The van der Waals surface area contributed by atoms with E-state index in [9.17, 15) is 4.79 Å². The monoisotopic (exact) mass is 217 g/mol. The number of nitrogens with one attached hydrogen (secondary N) is 2. The van der Waals surface area contributed by atoms with Gasteiger partial charge in [0.15, 0.2) is 5.82 Å². The van der Waals surface area contributed by atoms with E-state index in [1.54, 1.807) is 7.11 Å². The Labute approximate surface area is 86.5 Å². The quantitative estimate of drug-likeness (QED) is 0.703. The number of aromatic nitrogens is 2. The van der Waals surface area contributed by atoms with Crippen LogP contribution in [0.3, 0.4) is 0 Å². The summed E-state index contributed by atoms with van der Waals surface area (Å²) in [4.78, 5) is 17.6. The molecule has 0 aromatic carbocycles. The average molecular weight is 218 g/mol. The first-order chi connectivity index (χ1) is 6.77. The highest BCUT2D eigenvalue weighted by molar-refractivity contribution is 6.18. The first-order valence-electron chi connectivity index (χ1n) is 4.13. The average Bonchev–Trinajstić information content (AvgIpc) is 2.20. The van der Waals surface area contributed by atoms with Crippen LogP contribution in [0.2, 0.25) is 0 Å². The lowest BCUT2D eigenvalue weighted by atomic mass is 10.3. The van der Waals surface area contributed by atoms with Crippen LogP contribution in [0, 0.1) is 0 Å². The van der Waals surface area contributed by atoms with E-state index in [4.69, 9.17) is 16.3 Å². The van der Waals surface area contributed by atoms with Gasteiger partial charge in [-0.15, -0.1) is 11.6 Å². The summed E-state index contributed by atoms with van der Waals surface area (Å²) in [5.74, 6) is 0.610. The summed E-state index contributed by atoms with van der Waals surface area (Å²) in [6.07, 6.45) is 2.97. The Bertz CT molecular complexity index is 328. The Balaban J connectivity index is 2.67. The smallest absolute Gasteiger partial charge is 0.290 e.